The molecule has 0 saturated carbocycles. The number of thiophene rings is 1. The van der Waals surface area contributed by atoms with Gasteiger partial charge in [-0.3, -0.25) is 4.90 Å². The van der Waals surface area contributed by atoms with E-state index >= 15 is 0 Å². The van der Waals surface area contributed by atoms with Crippen LogP contribution in [0.2, 0.25) is 0 Å². The normalized spacial score (nSPS) is 29.3. The van der Waals surface area contributed by atoms with Crippen LogP contribution in [0.25, 0.3) is 0 Å². The van der Waals surface area contributed by atoms with E-state index in [1.165, 1.54) is 5.56 Å². The lowest BCUT2D eigenvalue weighted by Crippen LogP contribution is -2.40. The molecular formula is C12H18N2O2S. The Bertz CT molecular complexity index is 407. The highest BCUT2D eigenvalue weighted by Gasteiger charge is 2.31. The molecule has 1 saturated heterocycles. The van der Waals surface area contributed by atoms with Crippen molar-refractivity contribution < 1.29 is 9.47 Å². The second-order valence-corrected chi connectivity index (χ2v) is 5.63. The largest absolute Gasteiger partial charge is 0.485 e. The lowest BCUT2D eigenvalue weighted by Gasteiger charge is -2.36. The zero-order valence-electron chi connectivity index (χ0n) is 10.0. The minimum Gasteiger partial charge on any atom is -0.485 e. The number of likely N-dealkylation sites (tertiary alicyclic amines) is 1. The van der Waals surface area contributed by atoms with Crippen LogP contribution in [0.5, 0.6) is 10.8 Å². The molecule has 1 aromatic heterocycles. The Labute approximate surface area is 105 Å². The number of hydrogen-bond donors (Lipinski definition) is 1. The molecule has 2 unspecified atom stereocenters. The Kier molecular flexibility index (Phi) is 2.98. The quantitative estimate of drug-likeness (QED) is 0.827. The number of hydrogen-bond acceptors (Lipinski definition) is 5. The fraction of sp³-hybridized carbons (Fsp3) is 0.667. The van der Waals surface area contributed by atoms with Crippen LogP contribution in [-0.4, -0.2) is 37.7 Å². The Morgan fingerprint density at radius 3 is 3.12 bits per heavy atom. The fourth-order valence-electron chi connectivity index (χ4n) is 2.57. The van der Waals surface area contributed by atoms with Gasteiger partial charge in [0.05, 0.1) is 0 Å². The first kappa shape index (κ1) is 11.3. The Morgan fingerprint density at radius 2 is 2.24 bits per heavy atom. The minimum absolute atomic E-state index is 0.302. The van der Waals surface area contributed by atoms with E-state index in [4.69, 9.17) is 15.2 Å². The molecule has 2 atom stereocenters. The molecule has 3 rings (SSSR count). The third-order valence-electron chi connectivity index (χ3n) is 3.57. The van der Waals surface area contributed by atoms with Gasteiger partial charge in [0.15, 0.2) is 5.75 Å². The van der Waals surface area contributed by atoms with E-state index in [2.05, 4.69) is 17.3 Å². The van der Waals surface area contributed by atoms with E-state index in [-0.39, 0.29) is 0 Å². The van der Waals surface area contributed by atoms with Crippen molar-refractivity contribution in [2.75, 3.05) is 26.8 Å². The topological polar surface area (TPSA) is 47.7 Å². The summed E-state index contributed by atoms with van der Waals surface area (Å²) in [5, 5.41) is 3.09. The second-order valence-electron chi connectivity index (χ2n) is 4.79. The van der Waals surface area contributed by atoms with Crippen molar-refractivity contribution in [2.24, 2.45) is 5.73 Å². The molecule has 3 heterocycles. The molecule has 0 spiro atoms. The monoisotopic (exact) mass is 254 g/mol. The predicted octanol–water partition coefficient (Wildman–Crippen LogP) is 1.61. The average Bonchev–Trinajstić information content (AvgIpc) is 2.76. The fourth-order valence-corrected chi connectivity index (χ4v) is 3.50. The third-order valence-corrected chi connectivity index (χ3v) is 4.46. The van der Waals surface area contributed by atoms with Gasteiger partial charge in [0.1, 0.15) is 13.2 Å². The third kappa shape index (κ3) is 2.03. The number of piperidine rings is 1. The molecule has 0 amide bonds. The van der Waals surface area contributed by atoms with Gasteiger partial charge in [0.2, 0.25) is 5.06 Å². The van der Waals surface area contributed by atoms with Crippen LogP contribution >= 0.6 is 11.3 Å². The van der Waals surface area contributed by atoms with Gasteiger partial charge in [0.25, 0.3) is 0 Å². The molecule has 0 radical (unpaired) electrons. The van der Waals surface area contributed by atoms with Crippen LogP contribution < -0.4 is 15.2 Å². The van der Waals surface area contributed by atoms with Crippen molar-refractivity contribution in [3.8, 4) is 10.8 Å². The van der Waals surface area contributed by atoms with Gasteiger partial charge in [-0.15, -0.1) is 11.3 Å². The summed E-state index contributed by atoms with van der Waals surface area (Å²) in [5.41, 5.74) is 7.33. The van der Waals surface area contributed by atoms with E-state index in [1.54, 1.807) is 11.3 Å². The molecule has 4 nitrogen and oxygen atoms in total. The van der Waals surface area contributed by atoms with E-state index in [1.807, 2.05) is 0 Å². The molecule has 1 fully saturated rings. The van der Waals surface area contributed by atoms with Gasteiger partial charge in [0, 0.05) is 23.0 Å². The van der Waals surface area contributed by atoms with Crippen LogP contribution in [0, 0.1) is 0 Å². The summed E-state index contributed by atoms with van der Waals surface area (Å²) < 4.78 is 11.4. The average molecular weight is 254 g/mol. The number of fused-ring (bicyclic) bond motifs is 1. The number of nitrogens with two attached hydrogens (primary N) is 1. The van der Waals surface area contributed by atoms with Gasteiger partial charge < -0.3 is 15.2 Å². The van der Waals surface area contributed by atoms with Crippen molar-refractivity contribution in [3.63, 3.8) is 0 Å². The molecular weight excluding hydrogens is 236 g/mol. The first-order valence-electron chi connectivity index (χ1n) is 6.08. The molecule has 2 aliphatic rings. The van der Waals surface area contributed by atoms with Crippen molar-refractivity contribution in [1.29, 1.82) is 0 Å². The standard InChI is InChI=1S/C12H18N2O2S/c1-14-3-2-8(13)6-10(14)9-7-17-12-11(9)15-4-5-16-12/h7-8,10H,2-6,13H2,1H3. The summed E-state index contributed by atoms with van der Waals surface area (Å²) in [6.45, 7) is 2.36. The van der Waals surface area contributed by atoms with Gasteiger partial charge >= 0.3 is 0 Å². The van der Waals surface area contributed by atoms with Gasteiger partial charge in [-0.1, -0.05) is 0 Å². The van der Waals surface area contributed by atoms with E-state index in [9.17, 15) is 0 Å². The van der Waals surface area contributed by atoms with Crippen LogP contribution in [0.4, 0.5) is 0 Å². The lowest BCUT2D eigenvalue weighted by molar-refractivity contribution is 0.151. The van der Waals surface area contributed by atoms with Crippen molar-refractivity contribution in [3.05, 3.63) is 10.9 Å². The minimum atomic E-state index is 0.302. The first-order chi connectivity index (χ1) is 8.25. The van der Waals surface area contributed by atoms with Gasteiger partial charge in [-0.2, -0.15) is 0 Å². The molecule has 2 aliphatic heterocycles. The summed E-state index contributed by atoms with van der Waals surface area (Å²) in [6.07, 6.45) is 2.08. The summed E-state index contributed by atoms with van der Waals surface area (Å²) in [5.74, 6) is 0.951. The van der Waals surface area contributed by atoms with E-state index in [0.717, 1.165) is 30.2 Å². The zero-order valence-corrected chi connectivity index (χ0v) is 10.8. The second kappa shape index (κ2) is 4.48. The molecule has 0 bridgehead atoms. The van der Waals surface area contributed by atoms with E-state index in [0.29, 0.717) is 25.3 Å². The van der Waals surface area contributed by atoms with Crippen molar-refractivity contribution in [1.82, 2.24) is 4.90 Å². The maximum Gasteiger partial charge on any atom is 0.217 e. The van der Waals surface area contributed by atoms with E-state index < -0.39 is 0 Å². The molecule has 0 aromatic carbocycles. The van der Waals surface area contributed by atoms with Gasteiger partial charge in [-0.05, 0) is 26.4 Å². The Morgan fingerprint density at radius 1 is 1.41 bits per heavy atom. The Balaban J connectivity index is 1.89. The predicted molar refractivity (Wildman–Crippen MR) is 67.9 cm³/mol. The summed E-state index contributed by atoms with van der Waals surface area (Å²) in [6, 6.07) is 0.678. The lowest BCUT2D eigenvalue weighted by atomic mass is 9.94. The van der Waals surface area contributed by atoms with Crippen LogP contribution in [0.1, 0.15) is 24.4 Å². The molecule has 5 heteroatoms. The van der Waals surface area contributed by atoms with Crippen LogP contribution in [0.3, 0.4) is 0 Å². The van der Waals surface area contributed by atoms with Crippen molar-refractivity contribution in [2.45, 2.75) is 24.9 Å². The van der Waals surface area contributed by atoms with Crippen molar-refractivity contribution >= 4 is 11.3 Å². The highest BCUT2D eigenvalue weighted by atomic mass is 32.1. The maximum atomic E-state index is 6.07. The number of nitrogens with zero attached hydrogens (tertiary/aromatic N) is 1. The molecule has 94 valence electrons. The van der Waals surface area contributed by atoms with Crippen LogP contribution in [-0.2, 0) is 0 Å². The maximum absolute atomic E-state index is 6.07. The number of rotatable bonds is 1. The molecule has 1 aromatic rings. The van der Waals surface area contributed by atoms with Gasteiger partial charge in [-0.25, -0.2) is 0 Å². The Hall–Kier alpha value is -0.780. The summed E-state index contributed by atoms with van der Waals surface area (Å²) in [7, 11) is 2.16. The SMILES string of the molecule is CN1CCC(N)CC1c1csc2c1OCCO2. The number of ether oxygens (including phenoxy) is 2. The highest BCUT2D eigenvalue weighted by Crippen LogP contribution is 2.46. The smallest absolute Gasteiger partial charge is 0.217 e. The highest BCUT2D eigenvalue weighted by molar-refractivity contribution is 7.12. The molecule has 17 heavy (non-hydrogen) atoms. The first-order valence-corrected chi connectivity index (χ1v) is 6.96. The summed E-state index contributed by atoms with van der Waals surface area (Å²) >= 11 is 1.63. The zero-order chi connectivity index (χ0) is 11.8. The summed E-state index contributed by atoms with van der Waals surface area (Å²) in [4.78, 5) is 2.36. The molecule has 0 aliphatic carbocycles. The van der Waals surface area contributed by atoms with Crippen LogP contribution in [0.15, 0.2) is 5.38 Å². The molecule has 2 N–H and O–H groups in total.